The van der Waals surface area contributed by atoms with Gasteiger partial charge in [0.25, 0.3) is 0 Å². The molecular formula is C20H20N4O2S. The van der Waals surface area contributed by atoms with Gasteiger partial charge in [0.05, 0.1) is 24.3 Å². The Morgan fingerprint density at radius 2 is 1.78 bits per heavy atom. The zero-order valence-electron chi connectivity index (χ0n) is 14.6. The molecule has 6 nitrogen and oxygen atoms in total. The summed E-state index contributed by atoms with van der Waals surface area (Å²) < 4.78 is 11.3. The first-order valence-corrected chi connectivity index (χ1v) is 9.17. The molecule has 1 aliphatic rings. The molecule has 0 spiro atoms. The van der Waals surface area contributed by atoms with Gasteiger partial charge >= 0.3 is 0 Å². The minimum atomic E-state index is -0.433. The number of para-hydroxylation sites is 1. The van der Waals surface area contributed by atoms with Crippen LogP contribution in [-0.2, 0) is 16.0 Å². The first kappa shape index (κ1) is 17.7. The van der Waals surface area contributed by atoms with Crippen LogP contribution in [0.4, 0.5) is 5.82 Å². The molecule has 4 rings (SSSR count). The molecule has 1 aliphatic heterocycles. The number of nitrogens with one attached hydrogen (secondary N) is 3. The molecule has 0 radical (unpaired) electrons. The maximum Gasteiger partial charge on any atom is 0.187 e. The number of hydrogen-bond donors (Lipinski definition) is 3. The minimum absolute atomic E-state index is 0.433. The molecule has 138 valence electrons. The Hall–Kier alpha value is -2.74. The molecule has 0 saturated carbocycles. The summed E-state index contributed by atoms with van der Waals surface area (Å²) in [5, 5.41) is 4.67. The van der Waals surface area contributed by atoms with Gasteiger partial charge in [0.15, 0.2) is 17.2 Å². The van der Waals surface area contributed by atoms with Crippen molar-refractivity contribution in [3.8, 4) is 0 Å². The largest absolute Gasteiger partial charge is 0.357 e. The third kappa shape index (κ3) is 4.33. The van der Waals surface area contributed by atoms with Crippen LogP contribution in [0.15, 0.2) is 60.7 Å². The standard InChI is InChI=1S/C20H20N4O2S/c27-20(21-13-14-6-2-1-3-7-14)24-23-18-16(19-25-10-11-26-19)12-15-8-4-5-9-17(15)22-18/h1-9,12,19H,10-11,13H2,(H,22,23)(H2,21,24,27). The van der Waals surface area contributed by atoms with E-state index in [4.69, 9.17) is 21.7 Å². The van der Waals surface area contributed by atoms with Crippen LogP contribution in [0, 0.1) is 0 Å². The Labute approximate surface area is 162 Å². The molecule has 0 amide bonds. The average molecular weight is 380 g/mol. The highest BCUT2D eigenvalue weighted by molar-refractivity contribution is 7.80. The first-order chi connectivity index (χ1) is 13.3. The molecule has 27 heavy (non-hydrogen) atoms. The predicted octanol–water partition coefficient (Wildman–Crippen LogP) is 3.27. The lowest BCUT2D eigenvalue weighted by Gasteiger charge is -2.18. The van der Waals surface area contributed by atoms with E-state index in [0.717, 1.165) is 22.0 Å². The van der Waals surface area contributed by atoms with Gasteiger partial charge in [0.1, 0.15) is 0 Å². The number of aromatic nitrogens is 1. The molecule has 0 bridgehead atoms. The fourth-order valence-electron chi connectivity index (χ4n) is 2.89. The molecule has 2 heterocycles. The normalized spacial score (nSPS) is 14.2. The number of fused-ring (bicyclic) bond motifs is 1. The van der Waals surface area contributed by atoms with Crippen LogP contribution >= 0.6 is 12.2 Å². The van der Waals surface area contributed by atoms with Crippen molar-refractivity contribution in [1.82, 2.24) is 15.7 Å². The second kappa shape index (κ2) is 8.30. The smallest absolute Gasteiger partial charge is 0.187 e. The summed E-state index contributed by atoms with van der Waals surface area (Å²) >= 11 is 5.35. The Kier molecular flexibility index (Phi) is 5.43. The molecule has 1 aromatic heterocycles. The van der Waals surface area contributed by atoms with Crippen LogP contribution in [0.25, 0.3) is 10.9 Å². The summed E-state index contributed by atoms with van der Waals surface area (Å²) in [7, 11) is 0. The highest BCUT2D eigenvalue weighted by Gasteiger charge is 2.23. The van der Waals surface area contributed by atoms with E-state index in [0.29, 0.717) is 30.7 Å². The van der Waals surface area contributed by atoms with Crippen LogP contribution in [0.3, 0.4) is 0 Å². The zero-order valence-corrected chi connectivity index (χ0v) is 15.5. The number of ether oxygens (including phenoxy) is 2. The van der Waals surface area contributed by atoms with E-state index in [2.05, 4.69) is 21.2 Å². The average Bonchev–Trinajstić information content (AvgIpc) is 3.25. The van der Waals surface area contributed by atoms with Crippen molar-refractivity contribution in [3.63, 3.8) is 0 Å². The summed E-state index contributed by atoms with van der Waals surface area (Å²) in [5.41, 5.74) is 8.96. The molecule has 0 aliphatic carbocycles. The van der Waals surface area contributed by atoms with Crippen LogP contribution in [0.5, 0.6) is 0 Å². The number of thiocarbonyl (C=S) groups is 1. The molecule has 7 heteroatoms. The summed E-state index contributed by atoms with van der Waals surface area (Å²) in [4.78, 5) is 4.69. The van der Waals surface area contributed by atoms with Gasteiger partial charge in [-0.15, -0.1) is 0 Å². The van der Waals surface area contributed by atoms with Gasteiger partial charge in [-0.3, -0.25) is 10.9 Å². The van der Waals surface area contributed by atoms with Crippen molar-refractivity contribution < 1.29 is 9.47 Å². The third-order valence-corrected chi connectivity index (χ3v) is 4.47. The van der Waals surface area contributed by atoms with Crippen molar-refractivity contribution in [2.24, 2.45) is 0 Å². The van der Waals surface area contributed by atoms with E-state index < -0.39 is 6.29 Å². The molecule has 0 atom stereocenters. The van der Waals surface area contributed by atoms with Crippen molar-refractivity contribution in [3.05, 3.63) is 71.8 Å². The number of benzene rings is 2. The van der Waals surface area contributed by atoms with Crippen LogP contribution < -0.4 is 16.2 Å². The number of rotatable bonds is 5. The van der Waals surface area contributed by atoms with Gasteiger partial charge in [-0.1, -0.05) is 48.5 Å². The van der Waals surface area contributed by atoms with E-state index in [9.17, 15) is 0 Å². The Bertz CT molecular complexity index is 930. The number of hydrazine groups is 1. The molecule has 0 unspecified atom stereocenters. The van der Waals surface area contributed by atoms with Gasteiger partial charge in [0, 0.05) is 11.9 Å². The predicted molar refractivity (Wildman–Crippen MR) is 109 cm³/mol. The third-order valence-electron chi connectivity index (χ3n) is 4.22. The lowest BCUT2D eigenvalue weighted by Crippen LogP contribution is -2.39. The van der Waals surface area contributed by atoms with E-state index >= 15 is 0 Å². The van der Waals surface area contributed by atoms with Crippen molar-refractivity contribution >= 4 is 34.1 Å². The second-order valence-corrected chi connectivity index (χ2v) is 6.52. The van der Waals surface area contributed by atoms with E-state index in [1.54, 1.807) is 0 Å². The van der Waals surface area contributed by atoms with E-state index in [1.807, 2.05) is 60.7 Å². The van der Waals surface area contributed by atoms with Crippen LogP contribution in [-0.4, -0.2) is 23.3 Å². The molecule has 2 aromatic carbocycles. The van der Waals surface area contributed by atoms with Gasteiger partial charge in [-0.05, 0) is 29.9 Å². The lowest BCUT2D eigenvalue weighted by molar-refractivity contribution is -0.0436. The maximum absolute atomic E-state index is 5.66. The van der Waals surface area contributed by atoms with E-state index in [1.165, 1.54) is 0 Å². The second-order valence-electron chi connectivity index (χ2n) is 6.11. The molecule has 1 saturated heterocycles. The summed E-state index contributed by atoms with van der Waals surface area (Å²) in [5.74, 6) is 0.629. The van der Waals surface area contributed by atoms with Gasteiger partial charge in [-0.25, -0.2) is 4.98 Å². The Balaban J connectivity index is 1.46. The highest BCUT2D eigenvalue weighted by Crippen LogP contribution is 2.30. The molecule has 1 fully saturated rings. The van der Waals surface area contributed by atoms with Crippen molar-refractivity contribution in [2.45, 2.75) is 12.8 Å². The fraction of sp³-hybridized carbons (Fsp3) is 0.200. The zero-order chi connectivity index (χ0) is 18.5. The molecule has 3 aromatic rings. The first-order valence-electron chi connectivity index (χ1n) is 8.76. The SMILES string of the molecule is S=C(NCc1ccccc1)NNc1nc2ccccc2cc1C1OCCO1. The summed E-state index contributed by atoms with van der Waals surface area (Å²) in [6.45, 7) is 1.78. The minimum Gasteiger partial charge on any atom is -0.357 e. The summed E-state index contributed by atoms with van der Waals surface area (Å²) in [6, 6.07) is 20.0. The Morgan fingerprint density at radius 1 is 1.04 bits per heavy atom. The molecular weight excluding hydrogens is 360 g/mol. The topological polar surface area (TPSA) is 67.4 Å². The monoisotopic (exact) mass is 380 g/mol. The maximum atomic E-state index is 5.66. The highest BCUT2D eigenvalue weighted by atomic mass is 32.1. The van der Waals surface area contributed by atoms with Crippen molar-refractivity contribution in [2.75, 3.05) is 18.6 Å². The van der Waals surface area contributed by atoms with Gasteiger partial charge in [-0.2, -0.15) is 0 Å². The number of nitrogens with zero attached hydrogens (tertiary/aromatic N) is 1. The van der Waals surface area contributed by atoms with Gasteiger partial charge < -0.3 is 14.8 Å². The molecule has 3 N–H and O–H groups in total. The lowest BCUT2D eigenvalue weighted by atomic mass is 10.1. The van der Waals surface area contributed by atoms with Crippen LogP contribution in [0.1, 0.15) is 17.4 Å². The van der Waals surface area contributed by atoms with Crippen molar-refractivity contribution in [1.29, 1.82) is 0 Å². The van der Waals surface area contributed by atoms with E-state index in [-0.39, 0.29) is 0 Å². The Morgan fingerprint density at radius 3 is 2.59 bits per heavy atom. The summed E-state index contributed by atoms with van der Waals surface area (Å²) in [6.07, 6.45) is -0.433. The number of anilines is 1. The fourth-order valence-corrected chi connectivity index (χ4v) is 3.01. The van der Waals surface area contributed by atoms with Gasteiger partial charge in [0.2, 0.25) is 0 Å². The quantitative estimate of drug-likeness (QED) is 0.464. The number of hydrogen-bond acceptors (Lipinski definition) is 5. The number of pyridine rings is 1. The van der Waals surface area contributed by atoms with Crippen LogP contribution in [0.2, 0.25) is 0 Å².